The van der Waals surface area contributed by atoms with E-state index in [1.165, 1.54) is 4.57 Å². The molecule has 0 fully saturated rings. The van der Waals surface area contributed by atoms with Gasteiger partial charge in [-0.1, -0.05) is 12.1 Å². The highest BCUT2D eigenvalue weighted by atomic mass is 16.1. The van der Waals surface area contributed by atoms with Gasteiger partial charge in [0.15, 0.2) is 5.82 Å². The van der Waals surface area contributed by atoms with Crippen LogP contribution < -0.4 is 5.69 Å². The van der Waals surface area contributed by atoms with Gasteiger partial charge in [-0.25, -0.2) is 9.36 Å². The van der Waals surface area contributed by atoms with E-state index >= 15 is 0 Å². The minimum atomic E-state index is -0.207. The van der Waals surface area contributed by atoms with Gasteiger partial charge in [-0.2, -0.15) is 5.10 Å². The van der Waals surface area contributed by atoms with Gasteiger partial charge >= 0.3 is 5.69 Å². The Labute approximate surface area is 90.4 Å². The first-order valence-electron chi connectivity index (χ1n) is 4.84. The summed E-state index contributed by atoms with van der Waals surface area (Å²) in [7, 11) is 0. The maximum atomic E-state index is 11.8. The Morgan fingerprint density at radius 2 is 2.00 bits per heavy atom. The number of nitrogens with zero attached hydrogens (tertiary/aromatic N) is 3. The van der Waals surface area contributed by atoms with Gasteiger partial charge in [0.2, 0.25) is 0 Å². The van der Waals surface area contributed by atoms with Crippen LogP contribution in [0.2, 0.25) is 0 Å². The van der Waals surface area contributed by atoms with Crippen molar-refractivity contribution in [2.24, 2.45) is 0 Å². The Kier molecular flexibility index (Phi) is 1.83. The third-order valence-corrected chi connectivity index (χ3v) is 2.38. The molecule has 3 rings (SSSR count). The van der Waals surface area contributed by atoms with Crippen molar-refractivity contribution in [3.8, 4) is 5.82 Å². The van der Waals surface area contributed by atoms with Crippen molar-refractivity contribution in [3.63, 3.8) is 0 Å². The number of rotatable bonds is 1. The van der Waals surface area contributed by atoms with Crippen LogP contribution in [-0.4, -0.2) is 19.7 Å². The van der Waals surface area contributed by atoms with E-state index in [4.69, 9.17) is 0 Å². The zero-order valence-corrected chi connectivity index (χ0v) is 8.29. The minimum absolute atomic E-state index is 0.207. The van der Waals surface area contributed by atoms with E-state index < -0.39 is 0 Å². The SMILES string of the molecule is O=c1[nH]c2ccccc2n1-c1cccnn1. The van der Waals surface area contributed by atoms with Crippen molar-refractivity contribution in [3.05, 3.63) is 53.1 Å². The van der Waals surface area contributed by atoms with Crippen molar-refractivity contribution in [2.75, 3.05) is 0 Å². The Morgan fingerprint density at radius 1 is 1.12 bits per heavy atom. The number of imidazole rings is 1. The van der Waals surface area contributed by atoms with Gasteiger partial charge in [-0.05, 0) is 24.3 Å². The lowest BCUT2D eigenvalue weighted by Gasteiger charge is -1.99. The fourth-order valence-electron chi connectivity index (χ4n) is 1.69. The lowest BCUT2D eigenvalue weighted by molar-refractivity contribution is 0.900. The number of hydrogen-bond acceptors (Lipinski definition) is 3. The van der Waals surface area contributed by atoms with Crippen molar-refractivity contribution in [1.29, 1.82) is 0 Å². The first kappa shape index (κ1) is 8.84. The Hall–Kier alpha value is -2.43. The lowest BCUT2D eigenvalue weighted by Crippen LogP contribution is -2.15. The van der Waals surface area contributed by atoms with Crippen LogP contribution in [0.1, 0.15) is 0 Å². The first-order chi connectivity index (χ1) is 7.86. The first-order valence-corrected chi connectivity index (χ1v) is 4.84. The summed E-state index contributed by atoms with van der Waals surface area (Å²) in [5.41, 5.74) is 1.38. The molecule has 0 saturated carbocycles. The molecule has 1 N–H and O–H groups in total. The minimum Gasteiger partial charge on any atom is -0.305 e. The summed E-state index contributed by atoms with van der Waals surface area (Å²) in [6, 6.07) is 11.0. The molecule has 0 spiro atoms. The normalized spacial score (nSPS) is 10.8. The summed E-state index contributed by atoms with van der Waals surface area (Å²) in [4.78, 5) is 14.5. The summed E-state index contributed by atoms with van der Waals surface area (Å²) in [5.74, 6) is 0.518. The molecule has 2 heterocycles. The van der Waals surface area contributed by atoms with Gasteiger partial charge in [0.25, 0.3) is 0 Å². The second-order valence-corrected chi connectivity index (χ2v) is 3.36. The summed E-state index contributed by atoms with van der Waals surface area (Å²) >= 11 is 0. The standard InChI is InChI=1S/C11H8N4O/c16-11-13-8-4-1-2-5-9(8)15(11)10-6-3-7-12-14-10/h1-7H,(H,13,16). The number of hydrogen-bond donors (Lipinski definition) is 1. The number of para-hydroxylation sites is 2. The van der Waals surface area contributed by atoms with E-state index in [0.29, 0.717) is 5.82 Å². The van der Waals surface area contributed by atoms with Gasteiger partial charge in [-0.15, -0.1) is 5.10 Å². The molecule has 5 nitrogen and oxygen atoms in total. The number of H-pyrrole nitrogens is 1. The average Bonchev–Trinajstić information content (AvgIpc) is 2.66. The van der Waals surface area contributed by atoms with Crippen molar-refractivity contribution < 1.29 is 0 Å². The quantitative estimate of drug-likeness (QED) is 0.657. The predicted octanol–water partition coefficient (Wildman–Crippen LogP) is 1.11. The summed E-state index contributed by atoms with van der Waals surface area (Å²) in [6.07, 6.45) is 1.57. The van der Waals surface area contributed by atoms with Crippen LogP contribution in [0.15, 0.2) is 47.4 Å². The van der Waals surface area contributed by atoms with Crippen LogP contribution in [0.4, 0.5) is 0 Å². The number of benzene rings is 1. The molecular weight excluding hydrogens is 204 g/mol. The molecule has 0 unspecified atom stereocenters. The van der Waals surface area contributed by atoms with Crippen LogP contribution in [0.25, 0.3) is 16.9 Å². The highest BCUT2D eigenvalue weighted by molar-refractivity contribution is 5.76. The molecule has 2 aromatic heterocycles. The second kappa shape index (κ2) is 3.30. The molecule has 0 bridgehead atoms. The smallest absolute Gasteiger partial charge is 0.305 e. The fourth-order valence-corrected chi connectivity index (χ4v) is 1.69. The maximum absolute atomic E-state index is 11.8. The van der Waals surface area contributed by atoms with E-state index in [9.17, 15) is 4.79 Å². The van der Waals surface area contributed by atoms with Gasteiger partial charge in [0.1, 0.15) is 0 Å². The third kappa shape index (κ3) is 1.22. The summed E-state index contributed by atoms with van der Waals surface area (Å²) in [6.45, 7) is 0. The van der Waals surface area contributed by atoms with Crippen molar-refractivity contribution in [2.45, 2.75) is 0 Å². The molecule has 0 saturated heterocycles. The highest BCUT2D eigenvalue weighted by Crippen LogP contribution is 2.12. The van der Waals surface area contributed by atoms with Crippen LogP contribution >= 0.6 is 0 Å². The van der Waals surface area contributed by atoms with E-state index in [0.717, 1.165) is 11.0 Å². The third-order valence-electron chi connectivity index (χ3n) is 2.38. The molecule has 3 aromatic rings. The molecule has 0 aliphatic heterocycles. The molecular formula is C11H8N4O. The Morgan fingerprint density at radius 3 is 2.81 bits per heavy atom. The van der Waals surface area contributed by atoms with E-state index in [1.54, 1.807) is 18.3 Å². The predicted molar refractivity (Wildman–Crippen MR) is 59.5 cm³/mol. The molecule has 16 heavy (non-hydrogen) atoms. The van der Waals surface area contributed by atoms with Gasteiger partial charge in [-0.3, -0.25) is 0 Å². The number of aromatic amines is 1. The molecule has 5 heteroatoms. The van der Waals surface area contributed by atoms with Gasteiger partial charge in [0.05, 0.1) is 11.0 Å². The van der Waals surface area contributed by atoms with Crippen molar-refractivity contribution >= 4 is 11.0 Å². The Bertz CT molecular complexity index is 684. The molecule has 1 aromatic carbocycles. The number of fused-ring (bicyclic) bond motifs is 1. The van der Waals surface area contributed by atoms with Crippen LogP contribution in [0.5, 0.6) is 0 Å². The zero-order chi connectivity index (χ0) is 11.0. The average molecular weight is 212 g/mol. The van der Waals surface area contributed by atoms with Gasteiger partial charge in [0, 0.05) is 6.20 Å². The van der Waals surface area contributed by atoms with E-state index in [1.807, 2.05) is 24.3 Å². The fraction of sp³-hybridized carbons (Fsp3) is 0. The number of aromatic nitrogens is 4. The van der Waals surface area contributed by atoms with E-state index in [-0.39, 0.29) is 5.69 Å². The van der Waals surface area contributed by atoms with Crippen LogP contribution in [0, 0.1) is 0 Å². The van der Waals surface area contributed by atoms with Crippen LogP contribution in [0.3, 0.4) is 0 Å². The zero-order valence-electron chi connectivity index (χ0n) is 8.29. The van der Waals surface area contributed by atoms with Crippen LogP contribution in [-0.2, 0) is 0 Å². The van der Waals surface area contributed by atoms with E-state index in [2.05, 4.69) is 15.2 Å². The maximum Gasteiger partial charge on any atom is 0.332 e. The molecule has 78 valence electrons. The summed E-state index contributed by atoms with van der Waals surface area (Å²) < 4.78 is 1.50. The molecule has 0 aliphatic rings. The molecule has 0 radical (unpaired) electrons. The number of nitrogens with one attached hydrogen (secondary N) is 1. The van der Waals surface area contributed by atoms with Gasteiger partial charge < -0.3 is 4.98 Å². The molecule has 0 atom stereocenters. The largest absolute Gasteiger partial charge is 0.332 e. The lowest BCUT2D eigenvalue weighted by atomic mass is 10.3. The monoisotopic (exact) mass is 212 g/mol. The topological polar surface area (TPSA) is 63.6 Å². The molecule has 0 amide bonds. The highest BCUT2D eigenvalue weighted by Gasteiger charge is 2.08. The van der Waals surface area contributed by atoms with Crippen molar-refractivity contribution in [1.82, 2.24) is 19.7 Å². The summed E-state index contributed by atoms with van der Waals surface area (Å²) in [5, 5.41) is 7.69. The second-order valence-electron chi connectivity index (χ2n) is 3.36. The molecule has 0 aliphatic carbocycles. The Balaban J connectivity index is 2.40.